The van der Waals surface area contributed by atoms with Crippen molar-refractivity contribution in [2.45, 2.75) is 315 Å². The number of allylic oxidation sites excluding steroid dienone is 9. The summed E-state index contributed by atoms with van der Waals surface area (Å²) in [5, 5.41) is 9.82. The molecule has 12 heteroatoms. The molecule has 0 heterocycles. The summed E-state index contributed by atoms with van der Waals surface area (Å²) in [7, 11) is -4.77. The molecule has 3 atom stereocenters. The molecular formula is C66H119O11P. The minimum absolute atomic E-state index is 0.0535. The fourth-order valence-electron chi connectivity index (χ4n) is 9.14. The SMILES string of the molecule is CC/C=C\C/C=C\C/C=C\C/C=C\C/C=C\CC(=O)OC(CO)COP(=O)(O)OCC(COC(=O)CCCCCCCCCCCCCCCCCCCCC)OC(=O)CCCCCCCCCCCCCCCCCCC. The van der Waals surface area contributed by atoms with E-state index in [-0.39, 0.29) is 25.9 Å². The van der Waals surface area contributed by atoms with Gasteiger partial charge in [0.25, 0.3) is 0 Å². The summed E-state index contributed by atoms with van der Waals surface area (Å²) >= 11 is 0. The number of rotatable bonds is 60. The van der Waals surface area contributed by atoms with Crippen LogP contribution in [0.1, 0.15) is 303 Å². The maximum atomic E-state index is 13.0. The third kappa shape index (κ3) is 57.9. The van der Waals surface area contributed by atoms with Crippen LogP contribution in [0.3, 0.4) is 0 Å². The van der Waals surface area contributed by atoms with Gasteiger partial charge in [-0.1, -0.05) is 300 Å². The van der Waals surface area contributed by atoms with E-state index in [1.165, 1.54) is 180 Å². The number of hydrogen-bond acceptors (Lipinski definition) is 10. The van der Waals surface area contributed by atoms with Gasteiger partial charge in [-0.3, -0.25) is 23.4 Å². The lowest BCUT2D eigenvalue weighted by molar-refractivity contribution is -0.161. The molecule has 3 unspecified atom stereocenters. The number of aliphatic hydroxyl groups excluding tert-OH is 1. The van der Waals surface area contributed by atoms with Gasteiger partial charge in [0, 0.05) is 12.8 Å². The summed E-state index contributed by atoms with van der Waals surface area (Å²) in [6, 6.07) is 0. The van der Waals surface area contributed by atoms with Crippen molar-refractivity contribution < 1.29 is 52.2 Å². The van der Waals surface area contributed by atoms with Crippen molar-refractivity contribution in [3.63, 3.8) is 0 Å². The highest BCUT2D eigenvalue weighted by Gasteiger charge is 2.28. The second-order valence-electron chi connectivity index (χ2n) is 21.6. The Morgan fingerprint density at radius 3 is 1.01 bits per heavy atom. The Kier molecular flexibility index (Phi) is 58.1. The van der Waals surface area contributed by atoms with Crippen LogP contribution in [0.5, 0.6) is 0 Å². The van der Waals surface area contributed by atoms with Crippen molar-refractivity contribution in [2.24, 2.45) is 0 Å². The van der Waals surface area contributed by atoms with Crippen LogP contribution in [0.2, 0.25) is 0 Å². The van der Waals surface area contributed by atoms with E-state index < -0.39 is 57.8 Å². The molecule has 2 N–H and O–H groups in total. The Hall–Kier alpha value is -2.82. The normalized spacial score (nSPS) is 13.7. The van der Waals surface area contributed by atoms with E-state index in [0.717, 1.165) is 64.2 Å². The maximum absolute atomic E-state index is 13.0. The van der Waals surface area contributed by atoms with Crippen LogP contribution in [-0.2, 0) is 42.2 Å². The second kappa shape index (κ2) is 60.3. The lowest BCUT2D eigenvalue weighted by Crippen LogP contribution is -2.30. The lowest BCUT2D eigenvalue weighted by Gasteiger charge is -2.21. The van der Waals surface area contributed by atoms with E-state index >= 15 is 0 Å². The number of phosphoric acid groups is 1. The smallest absolute Gasteiger partial charge is 0.462 e. The molecule has 0 saturated carbocycles. The molecule has 0 fully saturated rings. The summed E-state index contributed by atoms with van der Waals surface area (Å²) in [6.07, 6.45) is 67.8. The number of carbonyl (C=O) groups is 3. The molecule has 0 rings (SSSR count). The van der Waals surface area contributed by atoms with E-state index in [4.69, 9.17) is 23.3 Å². The standard InChI is InChI=1S/C66H119O11P/c1-4-7-10-13-16-19-22-25-28-30-31-33-35-37-40-43-46-49-52-55-64(68)73-59-63(77-66(70)57-54-51-48-45-42-39-36-32-29-26-23-20-17-14-11-8-5-2)61-75-78(71,72)74-60-62(58-67)76-65(69)56-53-50-47-44-41-38-34-27-24-21-18-15-12-9-6-3/h9,12,18,21,27,34,41,44,50,53,62-63,67H,4-8,10-11,13-17,19-20,22-26,28-33,35-40,42-43,45-49,51-52,54-61H2,1-3H3,(H,71,72)/b12-9-,21-18-,34-27-,44-41-,53-50-. The summed E-state index contributed by atoms with van der Waals surface area (Å²) in [5.41, 5.74) is 0. The highest BCUT2D eigenvalue weighted by molar-refractivity contribution is 7.47. The zero-order valence-electron chi connectivity index (χ0n) is 50.4. The van der Waals surface area contributed by atoms with Crippen molar-refractivity contribution in [1.29, 1.82) is 0 Å². The van der Waals surface area contributed by atoms with Crippen LogP contribution in [0, 0.1) is 0 Å². The fourth-order valence-corrected chi connectivity index (χ4v) is 9.93. The topological polar surface area (TPSA) is 155 Å². The molecule has 0 aliphatic rings. The molecule has 11 nitrogen and oxygen atoms in total. The average Bonchev–Trinajstić information content (AvgIpc) is 3.43. The van der Waals surface area contributed by atoms with Crippen LogP contribution < -0.4 is 0 Å². The van der Waals surface area contributed by atoms with Crippen molar-refractivity contribution in [3.8, 4) is 0 Å². The maximum Gasteiger partial charge on any atom is 0.472 e. The van der Waals surface area contributed by atoms with Crippen LogP contribution in [-0.4, -0.2) is 66.5 Å². The minimum atomic E-state index is -4.77. The lowest BCUT2D eigenvalue weighted by atomic mass is 10.0. The molecule has 0 aromatic heterocycles. The Morgan fingerprint density at radius 1 is 0.372 bits per heavy atom. The largest absolute Gasteiger partial charge is 0.472 e. The second-order valence-corrected chi connectivity index (χ2v) is 23.0. The molecule has 0 radical (unpaired) electrons. The first kappa shape index (κ1) is 75.2. The van der Waals surface area contributed by atoms with Gasteiger partial charge in [-0.2, -0.15) is 0 Å². The van der Waals surface area contributed by atoms with Gasteiger partial charge >= 0.3 is 25.7 Å². The molecule has 0 saturated heterocycles. The van der Waals surface area contributed by atoms with E-state index in [1.54, 1.807) is 6.08 Å². The minimum Gasteiger partial charge on any atom is -0.462 e. The first-order valence-corrected chi connectivity index (χ1v) is 33.7. The van der Waals surface area contributed by atoms with E-state index in [1.807, 2.05) is 18.2 Å². The molecule has 0 spiro atoms. The highest BCUT2D eigenvalue weighted by atomic mass is 31.2. The summed E-state index contributed by atoms with van der Waals surface area (Å²) in [6.45, 7) is 4.49. The monoisotopic (exact) mass is 1120 g/mol. The molecule has 0 amide bonds. The Balaban J connectivity index is 4.73. The van der Waals surface area contributed by atoms with Gasteiger partial charge in [0.2, 0.25) is 0 Å². The first-order valence-electron chi connectivity index (χ1n) is 32.2. The van der Waals surface area contributed by atoms with Gasteiger partial charge in [0.15, 0.2) is 6.10 Å². The molecule has 0 bridgehead atoms. The average molecular weight is 1120 g/mol. The Morgan fingerprint density at radius 2 is 0.667 bits per heavy atom. The molecule has 78 heavy (non-hydrogen) atoms. The molecular weight excluding hydrogens is 1000 g/mol. The third-order valence-corrected chi connectivity index (χ3v) is 14.9. The number of esters is 3. The van der Waals surface area contributed by atoms with Gasteiger partial charge < -0.3 is 24.2 Å². The number of unbranched alkanes of at least 4 members (excludes halogenated alkanes) is 34. The Labute approximate surface area is 478 Å². The predicted octanol–water partition coefficient (Wildman–Crippen LogP) is 19.5. The number of aliphatic hydroxyl groups is 1. The molecule has 0 aliphatic heterocycles. The van der Waals surface area contributed by atoms with Crippen LogP contribution in [0.4, 0.5) is 0 Å². The number of carbonyl (C=O) groups excluding carboxylic acids is 3. The van der Waals surface area contributed by atoms with Crippen molar-refractivity contribution >= 4 is 25.7 Å². The molecule has 0 aromatic rings. The molecule has 0 aromatic carbocycles. The first-order chi connectivity index (χ1) is 38.2. The highest BCUT2D eigenvalue weighted by Crippen LogP contribution is 2.43. The predicted molar refractivity (Wildman–Crippen MR) is 325 cm³/mol. The van der Waals surface area contributed by atoms with Gasteiger partial charge in [-0.05, 0) is 44.9 Å². The van der Waals surface area contributed by atoms with Gasteiger partial charge in [-0.25, -0.2) is 4.57 Å². The Bertz CT molecular complexity index is 1540. The summed E-state index contributed by atoms with van der Waals surface area (Å²) < 4.78 is 39.6. The van der Waals surface area contributed by atoms with E-state index in [0.29, 0.717) is 19.3 Å². The van der Waals surface area contributed by atoms with Crippen molar-refractivity contribution in [1.82, 2.24) is 0 Å². The van der Waals surface area contributed by atoms with E-state index in [2.05, 4.69) is 57.2 Å². The molecule has 454 valence electrons. The zero-order chi connectivity index (χ0) is 56.9. The van der Waals surface area contributed by atoms with Gasteiger partial charge in [0.1, 0.15) is 12.7 Å². The molecule has 0 aliphatic carbocycles. The third-order valence-electron chi connectivity index (χ3n) is 14.0. The fraction of sp³-hybridized carbons (Fsp3) is 0.803. The number of ether oxygens (including phenoxy) is 3. The quantitative estimate of drug-likeness (QED) is 0.0197. The van der Waals surface area contributed by atoms with Crippen LogP contribution in [0.25, 0.3) is 0 Å². The summed E-state index contributed by atoms with van der Waals surface area (Å²) in [4.78, 5) is 48.7. The summed E-state index contributed by atoms with van der Waals surface area (Å²) in [5.74, 6) is -1.58. The van der Waals surface area contributed by atoms with Crippen molar-refractivity contribution in [3.05, 3.63) is 60.8 Å². The van der Waals surface area contributed by atoms with Gasteiger partial charge in [-0.15, -0.1) is 0 Å². The number of phosphoric ester groups is 1. The van der Waals surface area contributed by atoms with Crippen molar-refractivity contribution in [2.75, 3.05) is 26.4 Å². The van der Waals surface area contributed by atoms with Crippen LogP contribution in [0.15, 0.2) is 60.8 Å². The van der Waals surface area contributed by atoms with E-state index in [9.17, 15) is 28.9 Å². The van der Waals surface area contributed by atoms with Gasteiger partial charge in [0.05, 0.1) is 26.2 Å². The van der Waals surface area contributed by atoms with Crippen LogP contribution >= 0.6 is 7.82 Å². The zero-order valence-corrected chi connectivity index (χ0v) is 51.3. The number of hydrogen-bond donors (Lipinski definition) is 2.